The third kappa shape index (κ3) is 5.96. The molecule has 2 rings (SSSR count). The number of benzene rings is 1. The zero-order valence-corrected chi connectivity index (χ0v) is 14.7. The zero-order valence-electron chi connectivity index (χ0n) is 14.0. The van der Waals surface area contributed by atoms with E-state index in [0.717, 1.165) is 12.3 Å². The molecule has 0 bridgehead atoms. The van der Waals surface area contributed by atoms with Crippen molar-refractivity contribution in [1.29, 1.82) is 0 Å². The molecular weight excluding hydrogens is 388 g/mol. The number of hydrogen-bond acceptors (Lipinski definition) is 3. The van der Waals surface area contributed by atoms with Gasteiger partial charge in [0, 0.05) is 24.8 Å². The minimum atomic E-state index is -4.54. The fourth-order valence-corrected chi connectivity index (χ4v) is 2.41. The van der Waals surface area contributed by atoms with Gasteiger partial charge in [0.05, 0.1) is 5.56 Å². The van der Waals surface area contributed by atoms with Crippen LogP contribution in [0.25, 0.3) is 0 Å². The Bertz CT molecular complexity index is 827. The van der Waals surface area contributed by atoms with Crippen LogP contribution in [-0.2, 0) is 6.54 Å². The van der Waals surface area contributed by atoms with E-state index in [2.05, 4.69) is 16.3 Å². The summed E-state index contributed by atoms with van der Waals surface area (Å²) in [5.41, 5.74) is 0.328. The molecule has 0 aliphatic heterocycles. The number of hydrogen-bond donors (Lipinski definition) is 0. The number of carbonyl (C=O) groups is 1. The third-order valence-corrected chi connectivity index (χ3v) is 3.65. The van der Waals surface area contributed by atoms with Crippen molar-refractivity contribution in [2.75, 3.05) is 13.2 Å². The summed E-state index contributed by atoms with van der Waals surface area (Å²) in [6.45, 7) is 2.11. The van der Waals surface area contributed by atoms with Gasteiger partial charge in [0.2, 0.25) is 5.88 Å². The first-order valence-electron chi connectivity index (χ1n) is 7.70. The smallest absolute Gasteiger partial charge is 0.422 e. The van der Waals surface area contributed by atoms with Gasteiger partial charge in [0.25, 0.3) is 5.91 Å². The Morgan fingerprint density at radius 3 is 2.63 bits per heavy atom. The predicted octanol–water partition coefficient (Wildman–Crippen LogP) is 4.64. The number of nitrogens with zero attached hydrogens (tertiary/aromatic N) is 2. The van der Waals surface area contributed by atoms with Gasteiger partial charge in [0.15, 0.2) is 6.61 Å². The van der Waals surface area contributed by atoms with Crippen LogP contribution < -0.4 is 4.74 Å². The number of carbonyl (C=O) groups excluding carboxylic acids is 1. The number of aromatic nitrogens is 1. The van der Waals surface area contributed by atoms with E-state index in [1.54, 1.807) is 6.07 Å². The summed E-state index contributed by atoms with van der Waals surface area (Å²) in [5.74, 6) is -1.43. The lowest BCUT2D eigenvalue weighted by Crippen LogP contribution is -2.31. The van der Waals surface area contributed by atoms with E-state index in [1.165, 1.54) is 29.2 Å². The summed E-state index contributed by atoms with van der Waals surface area (Å²) in [6.07, 6.45) is -2.02. The van der Waals surface area contributed by atoms with Crippen LogP contribution in [0.1, 0.15) is 15.9 Å². The highest BCUT2D eigenvalue weighted by Gasteiger charge is 2.29. The SMILES string of the molecule is C=CCN(Cc1ccccc1F)C(=O)c1cnc(OCC(F)(F)F)c(Cl)c1. The maximum atomic E-state index is 13.8. The molecular formula is C18H15ClF4N2O2. The minimum absolute atomic E-state index is 0.0255. The van der Waals surface area contributed by atoms with Gasteiger partial charge < -0.3 is 9.64 Å². The molecule has 4 nitrogen and oxygen atoms in total. The average molecular weight is 403 g/mol. The van der Waals surface area contributed by atoms with Crippen molar-refractivity contribution in [2.24, 2.45) is 0 Å². The molecule has 0 saturated heterocycles. The number of pyridine rings is 1. The number of amides is 1. The Balaban J connectivity index is 2.19. The molecule has 0 radical (unpaired) electrons. The van der Waals surface area contributed by atoms with Crippen LogP contribution in [0.2, 0.25) is 5.02 Å². The number of halogens is 5. The Morgan fingerprint density at radius 1 is 1.33 bits per heavy atom. The van der Waals surface area contributed by atoms with Gasteiger partial charge in [0.1, 0.15) is 10.8 Å². The first kappa shape index (κ1) is 20.7. The van der Waals surface area contributed by atoms with Crippen molar-refractivity contribution in [1.82, 2.24) is 9.88 Å². The summed E-state index contributed by atoms with van der Waals surface area (Å²) in [4.78, 5) is 17.6. The highest BCUT2D eigenvalue weighted by molar-refractivity contribution is 6.32. The molecule has 0 unspecified atom stereocenters. The van der Waals surface area contributed by atoms with Gasteiger partial charge in [-0.1, -0.05) is 35.9 Å². The molecule has 1 aromatic heterocycles. The van der Waals surface area contributed by atoms with Crippen LogP contribution in [0.5, 0.6) is 5.88 Å². The van der Waals surface area contributed by atoms with E-state index in [1.807, 2.05) is 0 Å². The van der Waals surface area contributed by atoms with Crippen molar-refractivity contribution in [3.63, 3.8) is 0 Å². The van der Waals surface area contributed by atoms with E-state index in [9.17, 15) is 22.4 Å². The molecule has 0 atom stereocenters. The Kier molecular flexibility index (Phi) is 6.79. The Hall–Kier alpha value is -2.61. The van der Waals surface area contributed by atoms with Crippen molar-refractivity contribution in [2.45, 2.75) is 12.7 Å². The second-order valence-electron chi connectivity index (χ2n) is 5.48. The molecule has 0 fully saturated rings. The second-order valence-corrected chi connectivity index (χ2v) is 5.89. The van der Waals surface area contributed by atoms with E-state index in [4.69, 9.17) is 11.6 Å². The first-order valence-corrected chi connectivity index (χ1v) is 8.07. The molecule has 1 amide bonds. The number of ether oxygens (including phenoxy) is 1. The Labute approximate surface area is 158 Å². The van der Waals surface area contributed by atoms with E-state index < -0.39 is 30.4 Å². The zero-order chi connectivity index (χ0) is 20.0. The van der Waals surface area contributed by atoms with Crippen molar-refractivity contribution in [3.05, 3.63) is 71.2 Å². The maximum Gasteiger partial charge on any atom is 0.422 e. The van der Waals surface area contributed by atoms with E-state index in [0.29, 0.717) is 5.56 Å². The number of rotatable bonds is 7. The van der Waals surface area contributed by atoms with Gasteiger partial charge in [-0.15, -0.1) is 6.58 Å². The van der Waals surface area contributed by atoms with Crippen LogP contribution >= 0.6 is 11.6 Å². The van der Waals surface area contributed by atoms with Crippen molar-refractivity contribution in [3.8, 4) is 5.88 Å². The fraction of sp³-hybridized carbons (Fsp3) is 0.222. The largest absolute Gasteiger partial charge is 0.467 e. The second kappa shape index (κ2) is 8.85. The molecule has 144 valence electrons. The fourth-order valence-electron chi connectivity index (χ4n) is 2.19. The van der Waals surface area contributed by atoms with Gasteiger partial charge in [-0.2, -0.15) is 13.2 Å². The quantitative estimate of drug-likeness (QED) is 0.500. The molecule has 27 heavy (non-hydrogen) atoms. The first-order chi connectivity index (χ1) is 12.7. The van der Waals surface area contributed by atoms with Gasteiger partial charge in [-0.05, 0) is 12.1 Å². The summed E-state index contributed by atoms with van der Waals surface area (Å²) in [5, 5.41) is -0.241. The molecule has 0 aliphatic carbocycles. The van der Waals surface area contributed by atoms with Crippen LogP contribution in [0.4, 0.5) is 17.6 Å². The molecule has 2 aromatic rings. The minimum Gasteiger partial charge on any atom is -0.467 e. The summed E-state index contributed by atoms with van der Waals surface area (Å²) >= 11 is 5.86. The summed E-state index contributed by atoms with van der Waals surface area (Å²) in [6, 6.07) is 7.14. The van der Waals surface area contributed by atoms with Crippen molar-refractivity contribution < 1.29 is 27.1 Å². The molecule has 0 N–H and O–H groups in total. The lowest BCUT2D eigenvalue weighted by Gasteiger charge is -2.22. The van der Waals surface area contributed by atoms with Crippen LogP contribution in [-0.4, -0.2) is 35.1 Å². The topological polar surface area (TPSA) is 42.4 Å². The summed E-state index contributed by atoms with van der Waals surface area (Å²) in [7, 11) is 0. The average Bonchev–Trinajstić information content (AvgIpc) is 2.60. The molecule has 0 spiro atoms. The van der Waals surface area contributed by atoms with E-state index >= 15 is 0 Å². The molecule has 0 saturated carbocycles. The normalized spacial score (nSPS) is 11.1. The van der Waals surface area contributed by atoms with E-state index in [-0.39, 0.29) is 23.7 Å². The standard InChI is InChI=1S/C18H15ClF4N2O2/c1-2-7-25(10-12-5-3-4-6-15(12)20)17(26)13-8-14(19)16(24-9-13)27-11-18(21,22)23/h2-6,8-9H,1,7,10-11H2. The molecule has 0 aliphatic rings. The maximum absolute atomic E-state index is 13.8. The third-order valence-electron chi connectivity index (χ3n) is 3.38. The van der Waals surface area contributed by atoms with Crippen LogP contribution in [0.3, 0.4) is 0 Å². The van der Waals surface area contributed by atoms with Crippen LogP contribution in [0, 0.1) is 5.82 Å². The lowest BCUT2D eigenvalue weighted by atomic mass is 10.1. The highest BCUT2D eigenvalue weighted by Crippen LogP contribution is 2.25. The molecule has 9 heteroatoms. The van der Waals surface area contributed by atoms with Gasteiger partial charge in [-0.3, -0.25) is 4.79 Å². The monoisotopic (exact) mass is 402 g/mol. The molecule has 1 aromatic carbocycles. The van der Waals surface area contributed by atoms with Gasteiger partial charge in [-0.25, -0.2) is 9.37 Å². The van der Waals surface area contributed by atoms with Crippen LogP contribution in [0.15, 0.2) is 49.2 Å². The molecule has 1 heterocycles. The number of alkyl halides is 3. The van der Waals surface area contributed by atoms with Gasteiger partial charge >= 0.3 is 6.18 Å². The van der Waals surface area contributed by atoms with Crippen molar-refractivity contribution >= 4 is 17.5 Å². The lowest BCUT2D eigenvalue weighted by molar-refractivity contribution is -0.154. The predicted molar refractivity (Wildman–Crippen MR) is 92.1 cm³/mol. The Morgan fingerprint density at radius 2 is 2.04 bits per heavy atom. The highest BCUT2D eigenvalue weighted by atomic mass is 35.5. The summed E-state index contributed by atoms with van der Waals surface area (Å²) < 4.78 is 55.0.